The maximum Gasteiger partial charge on any atom is 0.416 e. The number of hydrogen-bond donors (Lipinski definition) is 2. The number of nitrogens with zero attached hydrogens (tertiary/aromatic N) is 3. The van der Waals surface area contributed by atoms with Gasteiger partial charge in [-0.15, -0.1) is 0 Å². The third-order valence-electron chi connectivity index (χ3n) is 4.31. The van der Waals surface area contributed by atoms with Gasteiger partial charge in [-0.25, -0.2) is 4.98 Å². The van der Waals surface area contributed by atoms with Gasteiger partial charge < -0.3 is 15.3 Å². The van der Waals surface area contributed by atoms with E-state index in [2.05, 4.69) is 24.1 Å². The van der Waals surface area contributed by atoms with Crippen LogP contribution in [-0.2, 0) is 11.0 Å². The lowest BCUT2D eigenvalue weighted by molar-refractivity contribution is -0.137. The number of carbonyl (C=O) groups is 1. The Kier molecular flexibility index (Phi) is 8.46. The average molecular weight is 424 g/mol. The Bertz CT molecular complexity index is 787. The first-order valence-corrected chi connectivity index (χ1v) is 9.82. The summed E-state index contributed by atoms with van der Waals surface area (Å²) in [5, 5.41) is 11.8. The smallest absolute Gasteiger partial charge is 0.416 e. The van der Waals surface area contributed by atoms with E-state index >= 15 is 0 Å². The monoisotopic (exact) mass is 424 g/mol. The molecule has 1 aliphatic rings. The van der Waals surface area contributed by atoms with E-state index in [1.165, 1.54) is 36.9 Å². The molecule has 30 heavy (non-hydrogen) atoms. The first-order valence-electron chi connectivity index (χ1n) is 9.82. The second kappa shape index (κ2) is 10.8. The maximum absolute atomic E-state index is 12.6. The van der Waals surface area contributed by atoms with Crippen LogP contribution in [0.5, 0.6) is 5.75 Å². The van der Waals surface area contributed by atoms with Crippen molar-refractivity contribution in [1.82, 2.24) is 9.88 Å². The number of carbonyl (C=O) groups excluding carboxylic acids is 1. The third-order valence-corrected chi connectivity index (χ3v) is 4.31. The molecule has 0 atom stereocenters. The minimum atomic E-state index is -4.34. The van der Waals surface area contributed by atoms with Crippen molar-refractivity contribution >= 4 is 17.4 Å². The van der Waals surface area contributed by atoms with Crippen LogP contribution in [0.1, 0.15) is 25.8 Å². The van der Waals surface area contributed by atoms with Crippen LogP contribution in [0, 0.1) is 0 Å². The predicted octanol–water partition coefficient (Wildman–Crippen LogP) is 3.98. The van der Waals surface area contributed by atoms with Gasteiger partial charge in [-0.3, -0.25) is 9.69 Å². The van der Waals surface area contributed by atoms with Gasteiger partial charge in [0.2, 0.25) is 5.91 Å². The molecule has 0 aliphatic carbocycles. The molecule has 1 saturated heterocycles. The number of rotatable bonds is 4. The first kappa shape index (κ1) is 23.5. The summed E-state index contributed by atoms with van der Waals surface area (Å²) in [7, 11) is 0. The molecule has 1 aliphatic heterocycles. The van der Waals surface area contributed by atoms with E-state index in [0.717, 1.165) is 17.8 Å². The Morgan fingerprint density at radius 1 is 1.07 bits per heavy atom. The molecule has 2 N–H and O–H groups in total. The standard InChI is InChI=1S/C18H19F3N4O2.C3H8/c19-18(20,21)13-1-3-14(4-2-13)25-9-7-24(8-10-25)12-17(27)23-16-6-5-15(26)11-22-16;1-3-2/h1-6,11,26H,7-10,12H2,(H,22,23,27);3H2,1-2H3. The zero-order valence-electron chi connectivity index (χ0n) is 17.1. The lowest BCUT2D eigenvalue weighted by Gasteiger charge is -2.35. The van der Waals surface area contributed by atoms with Gasteiger partial charge in [0, 0.05) is 31.9 Å². The van der Waals surface area contributed by atoms with Crippen LogP contribution in [0.2, 0.25) is 0 Å². The maximum atomic E-state index is 12.6. The van der Waals surface area contributed by atoms with Crippen molar-refractivity contribution in [3.05, 3.63) is 48.2 Å². The number of piperazine rings is 1. The summed E-state index contributed by atoms with van der Waals surface area (Å²) < 4.78 is 37.9. The quantitative estimate of drug-likeness (QED) is 0.777. The number of aromatic hydroxyl groups is 1. The van der Waals surface area contributed by atoms with Crippen molar-refractivity contribution in [2.24, 2.45) is 0 Å². The van der Waals surface area contributed by atoms with Crippen molar-refractivity contribution < 1.29 is 23.1 Å². The van der Waals surface area contributed by atoms with E-state index in [4.69, 9.17) is 0 Å². The number of benzene rings is 1. The molecule has 6 nitrogen and oxygen atoms in total. The van der Waals surface area contributed by atoms with Crippen LogP contribution in [0.15, 0.2) is 42.6 Å². The SMILES string of the molecule is CCC.O=C(CN1CCN(c2ccc(C(F)(F)F)cc2)CC1)Nc1ccc(O)cn1. The summed E-state index contributed by atoms with van der Waals surface area (Å²) >= 11 is 0. The number of aromatic nitrogens is 1. The van der Waals surface area contributed by atoms with Gasteiger partial charge in [-0.2, -0.15) is 13.2 Å². The molecule has 0 radical (unpaired) electrons. The van der Waals surface area contributed by atoms with Gasteiger partial charge in [0.15, 0.2) is 0 Å². The van der Waals surface area contributed by atoms with Gasteiger partial charge in [-0.05, 0) is 36.4 Å². The highest BCUT2D eigenvalue weighted by molar-refractivity contribution is 5.91. The molecule has 1 aromatic carbocycles. The van der Waals surface area contributed by atoms with E-state index in [0.29, 0.717) is 32.0 Å². The van der Waals surface area contributed by atoms with E-state index in [-0.39, 0.29) is 18.2 Å². The van der Waals surface area contributed by atoms with Crippen molar-refractivity contribution in [2.75, 3.05) is 42.9 Å². The summed E-state index contributed by atoms with van der Waals surface area (Å²) in [5.41, 5.74) is 0.0739. The van der Waals surface area contributed by atoms with E-state index in [9.17, 15) is 23.1 Å². The summed E-state index contributed by atoms with van der Waals surface area (Å²) in [6.45, 7) is 6.94. The molecule has 0 unspecified atom stereocenters. The lowest BCUT2D eigenvalue weighted by atomic mass is 10.1. The zero-order valence-corrected chi connectivity index (χ0v) is 17.1. The molecule has 1 amide bonds. The highest BCUT2D eigenvalue weighted by atomic mass is 19.4. The van der Waals surface area contributed by atoms with Gasteiger partial charge >= 0.3 is 6.18 Å². The van der Waals surface area contributed by atoms with Crippen LogP contribution < -0.4 is 10.2 Å². The summed E-state index contributed by atoms with van der Waals surface area (Å²) in [6, 6.07) is 8.06. The number of alkyl halides is 3. The minimum absolute atomic E-state index is 0.0207. The van der Waals surface area contributed by atoms with E-state index < -0.39 is 11.7 Å². The fourth-order valence-corrected chi connectivity index (χ4v) is 2.87. The predicted molar refractivity (Wildman–Crippen MR) is 111 cm³/mol. The Hall–Kier alpha value is -2.81. The van der Waals surface area contributed by atoms with E-state index in [1.807, 2.05) is 9.80 Å². The largest absolute Gasteiger partial charge is 0.506 e. The highest BCUT2D eigenvalue weighted by Crippen LogP contribution is 2.30. The minimum Gasteiger partial charge on any atom is -0.506 e. The molecule has 2 heterocycles. The molecule has 1 aromatic heterocycles. The molecule has 1 fully saturated rings. The van der Waals surface area contributed by atoms with Crippen LogP contribution >= 0.6 is 0 Å². The molecule has 0 saturated carbocycles. The molecular weight excluding hydrogens is 397 g/mol. The van der Waals surface area contributed by atoms with Gasteiger partial charge in [-0.1, -0.05) is 20.3 Å². The fourth-order valence-electron chi connectivity index (χ4n) is 2.87. The lowest BCUT2D eigenvalue weighted by Crippen LogP contribution is -2.48. The Morgan fingerprint density at radius 2 is 1.67 bits per heavy atom. The molecule has 0 spiro atoms. The van der Waals surface area contributed by atoms with E-state index in [1.54, 1.807) is 0 Å². The van der Waals surface area contributed by atoms with Gasteiger partial charge in [0.1, 0.15) is 11.6 Å². The van der Waals surface area contributed by atoms with Crippen molar-refractivity contribution in [2.45, 2.75) is 26.4 Å². The molecule has 2 aromatic rings. The molecule has 0 bridgehead atoms. The summed E-state index contributed by atoms with van der Waals surface area (Å²) in [5.74, 6) is 0.171. The summed E-state index contributed by atoms with van der Waals surface area (Å²) in [6.07, 6.45) is -1.84. The summed E-state index contributed by atoms with van der Waals surface area (Å²) in [4.78, 5) is 19.9. The fraction of sp³-hybridized carbons (Fsp3) is 0.429. The number of halogens is 3. The Labute approximate surface area is 174 Å². The van der Waals surface area contributed by atoms with Gasteiger partial charge in [0.05, 0.1) is 18.3 Å². The van der Waals surface area contributed by atoms with Crippen molar-refractivity contribution in [1.29, 1.82) is 0 Å². The second-order valence-electron chi connectivity index (χ2n) is 6.96. The number of hydrogen-bond acceptors (Lipinski definition) is 5. The number of pyridine rings is 1. The Balaban J connectivity index is 0.00000101. The molecule has 164 valence electrons. The van der Waals surface area contributed by atoms with Crippen LogP contribution in [-0.4, -0.2) is 53.6 Å². The first-order chi connectivity index (χ1) is 14.2. The van der Waals surface area contributed by atoms with Crippen LogP contribution in [0.4, 0.5) is 24.7 Å². The molecule has 3 rings (SSSR count). The van der Waals surface area contributed by atoms with Crippen molar-refractivity contribution in [3.63, 3.8) is 0 Å². The van der Waals surface area contributed by atoms with Gasteiger partial charge in [0.25, 0.3) is 0 Å². The van der Waals surface area contributed by atoms with Crippen LogP contribution in [0.3, 0.4) is 0 Å². The zero-order chi connectivity index (χ0) is 22.1. The number of nitrogens with one attached hydrogen (secondary N) is 1. The molecular formula is C21H27F3N4O2. The second-order valence-corrected chi connectivity index (χ2v) is 6.96. The average Bonchev–Trinajstić information content (AvgIpc) is 2.70. The van der Waals surface area contributed by atoms with Crippen molar-refractivity contribution in [3.8, 4) is 5.75 Å². The number of anilines is 2. The highest BCUT2D eigenvalue weighted by Gasteiger charge is 2.30. The normalized spacial score (nSPS) is 14.6. The number of amides is 1. The van der Waals surface area contributed by atoms with Crippen LogP contribution in [0.25, 0.3) is 0 Å². The third kappa shape index (κ3) is 7.22. The Morgan fingerprint density at radius 3 is 2.17 bits per heavy atom. The molecule has 9 heteroatoms. The topological polar surface area (TPSA) is 68.7 Å².